The molecule has 0 N–H and O–H groups in total. The van der Waals surface area contributed by atoms with Crippen LogP contribution in [0.4, 0.5) is 0 Å². The highest BCUT2D eigenvalue weighted by molar-refractivity contribution is 6.14. The van der Waals surface area contributed by atoms with E-state index in [1.807, 2.05) is 24.3 Å². The van der Waals surface area contributed by atoms with Crippen molar-refractivity contribution in [3.63, 3.8) is 0 Å². The molecule has 6 heteroatoms. The summed E-state index contributed by atoms with van der Waals surface area (Å²) in [5, 5.41) is 0. The maximum absolute atomic E-state index is 12.8. The van der Waals surface area contributed by atoms with Crippen LogP contribution in [0.5, 0.6) is 28.7 Å². The van der Waals surface area contributed by atoms with Crippen molar-refractivity contribution in [2.24, 2.45) is 0 Å². The van der Waals surface area contributed by atoms with E-state index < -0.39 is 0 Å². The van der Waals surface area contributed by atoms with Crippen LogP contribution in [-0.4, -0.2) is 27.1 Å². The molecule has 158 valence electrons. The molecule has 31 heavy (non-hydrogen) atoms. The van der Waals surface area contributed by atoms with Crippen LogP contribution in [0.1, 0.15) is 21.5 Å². The third kappa shape index (κ3) is 4.33. The fourth-order valence-corrected chi connectivity index (χ4v) is 3.28. The molecule has 0 atom stereocenters. The fourth-order valence-electron chi connectivity index (χ4n) is 3.28. The van der Waals surface area contributed by atoms with Gasteiger partial charge in [0.25, 0.3) is 0 Å². The van der Waals surface area contributed by atoms with Crippen LogP contribution in [0.2, 0.25) is 0 Å². The summed E-state index contributed by atoms with van der Waals surface area (Å²) < 4.78 is 27.6. The van der Waals surface area contributed by atoms with E-state index in [1.165, 1.54) is 0 Å². The van der Waals surface area contributed by atoms with Gasteiger partial charge in [-0.25, -0.2) is 0 Å². The summed E-state index contributed by atoms with van der Waals surface area (Å²) in [4.78, 5) is 12.8. The number of carbonyl (C=O) groups excluding carboxylic acids is 1. The average Bonchev–Trinajstić information content (AvgIpc) is 3.12. The molecule has 0 amide bonds. The topological polar surface area (TPSA) is 63.2 Å². The number of benzene rings is 3. The Morgan fingerprint density at radius 2 is 1.61 bits per heavy atom. The molecule has 0 saturated heterocycles. The van der Waals surface area contributed by atoms with Gasteiger partial charge in [0, 0.05) is 11.6 Å². The lowest BCUT2D eigenvalue weighted by Gasteiger charge is -2.09. The van der Waals surface area contributed by atoms with Gasteiger partial charge >= 0.3 is 0 Å². The van der Waals surface area contributed by atoms with Gasteiger partial charge in [-0.15, -0.1) is 0 Å². The van der Waals surface area contributed by atoms with Crippen molar-refractivity contribution in [1.82, 2.24) is 0 Å². The molecule has 3 aromatic rings. The molecule has 1 aliphatic rings. The minimum Gasteiger partial charge on any atom is -0.497 e. The molecule has 0 aliphatic carbocycles. The van der Waals surface area contributed by atoms with Crippen molar-refractivity contribution in [3.8, 4) is 28.7 Å². The molecule has 0 bridgehead atoms. The van der Waals surface area contributed by atoms with E-state index in [4.69, 9.17) is 23.7 Å². The molecule has 4 rings (SSSR count). The second-order valence-corrected chi connectivity index (χ2v) is 6.85. The molecular formula is C25H22O6. The Balaban J connectivity index is 1.53. The lowest BCUT2D eigenvalue weighted by atomic mass is 10.1. The van der Waals surface area contributed by atoms with Crippen LogP contribution < -0.4 is 23.7 Å². The lowest BCUT2D eigenvalue weighted by molar-refractivity contribution is 0.101. The number of Topliss-reactive ketones (excluding diaryl/α,β-unsaturated/α-hetero) is 1. The van der Waals surface area contributed by atoms with Crippen LogP contribution in [0.15, 0.2) is 66.4 Å². The van der Waals surface area contributed by atoms with Crippen molar-refractivity contribution in [3.05, 3.63) is 83.1 Å². The van der Waals surface area contributed by atoms with Gasteiger partial charge in [-0.2, -0.15) is 0 Å². The fraction of sp³-hybridized carbons (Fsp3) is 0.160. The Hall–Kier alpha value is -3.93. The molecule has 6 nitrogen and oxygen atoms in total. The van der Waals surface area contributed by atoms with Crippen molar-refractivity contribution < 1.29 is 28.5 Å². The number of hydrogen-bond donors (Lipinski definition) is 0. The number of fused-ring (bicyclic) bond motifs is 1. The monoisotopic (exact) mass is 418 g/mol. The first-order valence-electron chi connectivity index (χ1n) is 9.67. The first-order chi connectivity index (χ1) is 15.1. The normalized spacial score (nSPS) is 13.5. The maximum Gasteiger partial charge on any atom is 0.231 e. The number of rotatable bonds is 7. The summed E-state index contributed by atoms with van der Waals surface area (Å²) in [6, 6.07) is 18.2. The minimum absolute atomic E-state index is 0.195. The van der Waals surface area contributed by atoms with Gasteiger partial charge in [0.15, 0.2) is 5.76 Å². The van der Waals surface area contributed by atoms with Crippen LogP contribution in [0, 0.1) is 0 Å². The van der Waals surface area contributed by atoms with Gasteiger partial charge in [0.2, 0.25) is 5.78 Å². The molecule has 0 radical (unpaired) electrons. The Morgan fingerprint density at radius 3 is 2.39 bits per heavy atom. The average molecular weight is 418 g/mol. The van der Waals surface area contributed by atoms with Crippen LogP contribution in [0.3, 0.4) is 0 Å². The standard InChI is InChI=1S/C25H22O6/c1-27-18-6-4-5-16(11-18)15-30-20-7-9-21-23(14-20)31-24(25(21)26)13-17-12-19(28-2)8-10-22(17)29-3/h4-14H,15H2,1-3H3. The van der Waals surface area contributed by atoms with E-state index in [0.29, 0.717) is 40.7 Å². The first kappa shape index (κ1) is 20.3. The summed E-state index contributed by atoms with van der Waals surface area (Å²) in [5.41, 5.74) is 2.15. The summed E-state index contributed by atoms with van der Waals surface area (Å²) in [5.74, 6) is 3.13. The van der Waals surface area contributed by atoms with Crippen LogP contribution in [-0.2, 0) is 6.61 Å². The van der Waals surface area contributed by atoms with Gasteiger partial charge in [-0.3, -0.25) is 4.79 Å². The Morgan fingerprint density at radius 1 is 0.839 bits per heavy atom. The predicted molar refractivity (Wildman–Crippen MR) is 116 cm³/mol. The zero-order valence-corrected chi connectivity index (χ0v) is 17.5. The summed E-state index contributed by atoms with van der Waals surface area (Å²) in [6.07, 6.45) is 1.65. The summed E-state index contributed by atoms with van der Waals surface area (Å²) in [7, 11) is 4.78. The van der Waals surface area contributed by atoms with Crippen LogP contribution in [0.25, 0.3) is 6.08 Å². The summed E-state index contributed by atoms with van der Waals surface area (Å²) in [6.45, 7) is 0.369. The SMILES string of the molecule is COc1cccc(COc2ccc3c(c2)OC(=Cc2cc(OC)ccc2OC)C3=O)c1. The number of ketones is 1. The van der Waals surface area contributed by atoms with E-state index >= 15 is 0 Å². The highest BCUT2D eigenvalue weighted by atomic mass is 16.5. The zero-order valence-electron chi connectivity index (χ0n) is 17.5. The van der Waals surface area contributed by atoms with Crippen molar-refractivity contribution in [2.75, 3.05) is 21.3 Å². The molecular weight excluding hydrogens is 396 g/mol. The molecule has 0 spiro atoms. The molecule has 1 heterocycles. The molecule has 0 unspecified atom stereocenters. The Kier molecular flexibility index (Phi) is 5.80. The molecule has 0 aromatic heterocycles. The number of hydrogen-bond acceptors (Lipinski definition) is 6. The van der Waals surface area contributed by atoms with Crippen molar-refractivity contribution in [1.29, 1.82) is 0 Å². The molecule has 0 fully saturated rings. The highest BCUT2D eigenvalue weighted by Gasteiger charge is 2.28. The van der Waals surface area contributed by atoms with Crippen LogP contribution >= 0.6 is 0 Å². The van der Waals surface area contributed by atoms with Crippen molar-refractivity contribution >= 4 is 11.9 Å². The van der Waals surface area contributed by atoms with Gasteiger partial charge in [-0.1, -0.05) is 12.1 Å². The number of carbonyl (C=O) groups is 1. The zero-order chi connectivity index (χ0) is 21.8. The van der Waals surface area contributed by atoms with E-state index in [-0.39, 0.29) is 11.5 Å². The van der Waals surface area contributed by atoms with E-state index in [0.717, 1.165) is 11.3 Å². The third-order valence-corrected chi connectivity index (χ3v) is 4.90. The van der Waals surface area contributed by atoms with Gasteiger partial charge in [-0.05, 0) is 54.1 Å². The maximum atomic E-state index is 12.8. The second-order valence-electron chi connectivity index (χ2n) is 6.85. The smallest absolute Gasteiger partial charge is 0.231 e. The van der Waals surface area contributed by atoms with E-state index in [2.05, 4.69) is 0 Å². The molecule has 0 saturated carbocycles. The highest BCUT2D eigenvalue weighted by Crippen LogP contribution is 2.36. The first-order valence-corrected chi connectivity index (χ1v) is 9.67. The van der Waals surface area contributed by atoms with E-state index in [9.17, 15) is 4.79 Å². The number of allylic oxidation sites excluding steroid dienone is 1. The third-order valence-electron chi connectivity index (χ3n) is 4.90. The number of methoxy groups -OCH3 is 3. The Bertz CT molecular complexity index is 1150. The van der Waals surface area contributed by atoms with Gasteiger partial charge < -0.3 is 23.7 Å². The number of ether oxygens (including phenoxy) is 5. The molecule has 1 aliphatic heterocycles. The largest absolute Gasteiger partial charge is 0.497 e. The quantitative estimate of drug-likeness (QED) is 0.508. The minimum atomic E-state index is -0.195. The van der Waals surface area contributed by atoms with E-state index in [1.54, 1.807) is 63.8 Å². The predicted octanol–water partition coefficient (Wildman–Crippen LogP) is 4.91. The van der Waals surface area contributed by atoms with Crippen molar-refractivity contribution in [2.45, 2.75) is 6.61 Å². The Labute approximate surface area is 180 Å². The van der Waals surface area contributed by atoms with Gasteiger partial charge in [0.1, 0.15) is 35.4 Å². The van der Waals surface area contributed by atoms with Gasteiger partial charge in [0.05, 0.1) is 26.9 Å². The lowest BCUT2D eigenvalue weighted by Crippen LogP contribution is -1.99. The second kappa shape index (κ2) is 8.83. The summed E-state index contributed by atoms with van der Waals surface area (Å²) >= 11 is 0. The molecule has 3 aromatic carbocycles.